The number of ether oxygens (including phenoxy) is 3. The molecule has 1 aromatic heterocycles. The first-order valence-corrected chi connectivity index (χ1v) is 12.1. The first kappa shape index (κ1) is 27.9. The summed E-state index contributed by atoms with van der Waals surface area (Å²) in [7, 11) is 0. The molecule has 0 aliphatic heterocycles. The number of allylic oxidation sites excluding steroid dienone is 5. The Labute approximate surface area is 210 Å². The molecule has 0 saturated heterocycles. The molecule has 0 radical (unpaired) electrons. The van der Waals surface area contributed by atoms with E-state index in [0.717, 1.165) is 29.4 Å². The zero-order valence-electron chi connectivity index (χ0n) is 22.2. The number of aromatic nitrogens is 1. The Hall–Kier alpha value is -3.34. The molecule has 5 nitrogen and oxygen atoms in total. The first-order chi connectivity index (χ1) is 16.7. The number of carbonyl (C=O) groups excluding carboxylic acids is 1. The van der Waals surface area contributed by atoms with Crippen molar-refractivity contribution >= 4 is 16.9 Å². The van der Waals surface area contributed by atoms with Crippen molar-refractivity contribution in [3.05, 3.63) is 76.6 Å². The molecule has 0 bridgehead atoms. The van der Waals surface area contributed by atoms with E-state index in [1.807, 2.05) is 58.0 Å². The molecule has 5 heteroatoms. The van der Waals surface area contributed by atoms with Gasteiger partial charge < -0.3 is 14.2 Å². The topological polar surface area (TPSA) is 57.7 Å². The maximum Gasteiger partial charge on any atom is 0.357 e. The number of para-hydroxylation sites is 1. The van der Waals surface area contributed by atoms with Gasteiger partial charge in [0.2, 0.25) is 0 Å². The van der Waals surface area contributed by atoms with E-state index in [4.69, 9.17) is 14.2 Å². The number of benzene rings is 1. The van der Waals surface area contributed by atoms with Gasteiger partial charge in [0.15, 0.2) is 5.69 Å². The Balaban J connectivity index is 2.34. The molecule has 0 atom stereocenters. The summed E-state index contributed by atoms with van der Waals surface area (Å²) in [4.78, 5) is 17.3. The molecule has 2 rings (SSSR count). The second-order valence-electron chi connectivity index (χ2n) is 9.31. The highest BCUT2D eigenvalue weighted by molar-refractivity contribution is 5.96. The van der Waals surface area contributed by atoms with Gasteiger partial charge in [-0.2, -0.15) is 0 Å². The third kappa shape index (κ3) is 9.81. The second-order valence-corrected chi connectivity index (χ2v) is 9.31. The monoisotopic (exact) mass is 477 g/mol. The number of fused-ring (bicyclic) bond motifs is 1. The second kappa shape index (κ2) is 14.1. The summed E-state index contributed by atoms with van der Waals surface area (Å²) in [6, 6.07) is 7.33. The Morgan fingerprint density at radius 2 is 1.43 bits per heavy atom. The molecule has 0 amide bonds. The first-order valence-electron chi connectivity index (χ1n) is 12.1. The van der Waals surface area contributed by atoms with E-state index >= 15 is 0 Å². The van der Waals surface area contributed by atoms with Crippen LogP contribution in [-0.2, 0) is 4.74 Å². The van der Waals surface area contributed by atoms with Crippen molar-refractivity contribution in [2.24, 2.45) is 0 Å². The number of hydrogen-bond acceptors (Lipinski definition) is 5. The largest absolute Gasteiger partial charge is 0.489 e. The van der Waals surface area contributed by atoms with Crippen LogP contribution < -0.4 is 9.47 Å². The van der Waals surface area contributed by atoms with Gasteiger partial charge in [-0.1, -0.05) is 34.4 Å². The van der Waals surface area contributed by atoms with E-state index < -0.39 is 5.97 Å². The number of pyridine rings is 1. The van der Waals surface area contributed by atoms with Gasteiger partial charge in [0.1, 0.15) is 36.8 Å². The fraction of sp³-hybridized carbons (Fsp3) is 0.400. The van der Waals surface area contributed by atoms with Crippen molar-refractivity contribution < 1.29 is 19.0 Å². The molecule has 0 unspecified atom stereocenters. The predicted octanol–water partition coefficient (Wildman–Crippen LogP) is 7.77. The fourth-order valence-corrected chi connectivity index (χ4v) is 3.15. The highest BCUT2D eigenvalue weighted by atomic mass is 16.5. The molecule has 2 aromatic rings. The van der Waals surface area contributed by atoms with Crippen LogP contribution in [0, 0.1) is 0 Å². The highest BCUT2D eigenvalue weighted by Gasteiger charge is 2.17. The minimum absolute atomic E-state index is 0.192. The van der Waals surface area contributed by atoms with Crippen LogP contribution in [0.25, 0.3) is 10.9 Å². The number of rotatable bonds is 12. The summed E-state index contributed by atoms with van der Waals surface area (Å²) >= 11 is 0. The Bertz CT molecular complexity index is 1130. The Morgan fingerprint density at radius 3 is 2.11 bits per heavy atom. The molecule has 0 aliphatic carbocycles. The quantitative estimate of drug-likeness (QED) is 0.231. The lowest BCUT2D eigenvalue weighted by Crippen LogP contribution is -2.09. The van der Waals surface area contributed by atoms with Gasteiger partial charge in [-0.25, -0.2) is 9.78 Å². The van der Waals surface area contributed by atoms with E-state index in [-0.39, 0.29) is 12.3 Å². The SMILES string of the molecule is CC(C)=CCC/C(C)=C/COc1cc(C(=O)OCC=C(C)C)nc2c(OCC=C(C)C)cccc12. The summed E-state index contributed by atoms with van der Waals surface area (Å²) in [5.41, 5.74) is 5.59. The van der Waals surface area contributed by atoms with Gasteiger partial charge in [-0.05, 0) is 91.7 Å². The summed E-state index contributed by atoms with van der Waals surface area (Å²) < 4.78 is 17.5. The van der Waals surface area contributed by atoms with Crippen LogP contribution in [0.4, 0.5) is 0 Å². The zero-order chi connectivity index (χ0) is 25.8. The van der Waals surface area contributed by atoms with E-state index in [1.165, 1.54) is 11.1 Å². The fourth-order valence-electron chi connectivity index (χ4n) is 3.15. The van der Waals surface area contributed by atoms with Crippen molar-refractivity contribution in [2.75, 3.05) is 19.8 Å². The van der Waals surface area contributed by atoms with Crippen LogP contribution in [0.2, 0.25) is 0 Å². The van der Waals surface area contributed by atoms with Gasteiger partial charge in [-0.3, -0.25) is 0 Å². The summed E-state index contributed by atoms with van der Waals surface area (Å²) in [6.45, 7) is 15.3. The lowest BCUT2D eigenvalue weighted by atomic mass is 10.1. The predicted molar refractivity (Wildman–Crippen MR) is 144 cm³/mol. The molecule has 1 heterocycles. The molecule has 0 saturated carbocycles. The average Bonchev–Trinajstić information content (AvgIpc) is 2.78. The summed E-state index contributed by atoms with van der Waals surface area (Å²) in [5, 5.41) is 0.788. The molecule has 0 fully saturated rings. The lowest BCUT2D eigenvalue weighted by Gasteiger charge is -2.13. The van der Waals surface area contributed by atoms with Crippen LogP contribution in [0.5, 0.6) is 11.5 Å². The number of nitrogens with zero attached hydrogens (tertiary/aromatic N) is 1. The van der Waals surface area contributed by atoms with E-state index in [2.05, 4.69) is 37.9 Å². The van der Waals surface area contributed by atoms with Crippen LogP contribution in [-0.4, -0.2) is 30.8 Å². The van der Waals surface area contributed by atoms with E-state index in [0.29, 0.717) is 30.2 Å². The number of hydrogen-bond donors (Lipinski definition) is 0. The molecule has 35 heavy (non-hydrogen) atoms. The van der Waals surface area contributed by atoms with Crippen molar-refractivity contribution in [2.45, 2.75) is 61.3 Å². The average molecular weight is 478 g/mol. The molecule has 0 aliphatic rings. The smallest absolute Gasteiger partial charge is 0.357 e. The maximum atomic E-state index is 12.8. The molecule has 0 N–H and O–H groups in total. The number of esters is 1. The van der Waals surface area contributed by atoms with Crippen molar-refractivity contribution in [1.29, 1.82) is 0 Å². The minimum atomic E-state index is -0.498. The van der Waals surface area contributed by atoms with Crippen LogP contribution in [0.3, 0.4) is 0 Å². The van der Waals surface area contributed by atoms with Crippen molar-refractivity contribution in [3.63, 3.8) is 0 Å². The highest BCUT2D eigenvalue weighted by Crippen LogP contribution is 2.32. The van der Waals surface area contributed by atoms with Gasteiger partial charge >= 0.3 is 5.97 Å². The summed E-state index contributed by atoms with van der Waals surface area (Å²) in [5.74, 6) is 0.671. The van der Waals surface area contributed by atoms with Gasteiger partial charge in [0.25, 0.3) is 0 Å². The van der Waals surface area contributed by atoms with Gasteiger partial charge in [-0.15, -0.1) is 0 Å². The van der Waals surface area contributed by atoms with Crippen molar-refractivity contribution in [1.82, 2.24) is 4.98 Å². The van der Waals surface area contributed by atoms with Crippen LogP contribution in [0.15, 0.2) is 70.9 Å². The lowest BCUT2D eigenvalue weighted by molar-refractivity contribution is 0.0542. The molecule has 0 spiro atoms. The van der Waals surface area contributed by atoms with Crippen LogP contribution >= 0.6 is 0 Å². The van der Waals surface area contributed by atoms with Crippen LogP contribution in [0.1, 0.15) is 71.8 Å². The third-order valence-corrected chi connectivity index (χ3v) is 5.17. The molecule has 1 aromatic carbocycles. The normalized spacial score (nSPS) is 11.0. The van der Waals surface area contributed by atoms with E-state index in [1.54, 1.807) is 6.07 Å². The molecule has 188 valence electrons. The van der Waals surface area contributed by atoms with Gasteiger partial charge in [0, 0.05) is 11.5 Å². The summed E-state index contributed by atoms with van der Waals surface area (Å²) in [6.07, 6.45) is 10.2. The maximum absolute atomic E-state index is 12.8. The third-order valence-electron chi connectivity index (χ3n) is 5.17. The Kier molecular flexibility index (Phi) is 11.3. The van der Waals surface area contributed by atoms with E-state index in [9.17, 15) is 4.79 Å². The molecular formula is C30H39NO4. The Morgan fingerprint density at radius 1 is 0.800 bits per heavy atom. The zero-order valence-corrected chi connectivity index (χ0v) is 22.2. The van der Waals surface area contributed by atoms with Gasteiger partial charge in [0.05, 0.1) is 0 Å². The minimum Gasteiger partial charge on any atom is -0.489 e. The number of carbonyl (C=O) groups is 1. The van der Waals surface area contributed by atoms with Crippen molar-refractivity contribution in [3.8, 4) is 11.5 Å². The standard InChI is InChI=1S/C30H39NO4/c1-21(2)10-8-11-24(7)16-19-34-28-20-26(30(32)35-18-15-23(5)6)31-29-25(28)12-9-13-27(29)33-17-14-22(3)4/h9-10,12-16,20H,8,11,17-19H2,1-7H3/b24-16+. The molecular weight excluding hydrogens is 438 g/mol.